The minimum atomic E-state index is -0.336. The predicted octanol–water partition coefficient (Wildman–Crippen LogP) is 1.56. The number of H-pyrrole nitrogens is 1. The molecule has 0 fully saturated rings. The van der Waals surface area contributed by atoms with Gasteiger partial charge in [0.05, 0.1) is 18.5 Å². The molecule has 0 amide bonds. The Morgan fingerprint density at radius 1 is 1.44 bits per heavy atom. The maximum atomic E-state index is 7.51. The van der Waals surface area contributed by atoms with Gasteiger partial charge in [-0.15, -0.1) is 0 Å². The van der Waals surface area contributed by atoms with E-state index in [0.29, 0.717) is 0 Å². The third-order valence-electron chi connectivity index (χ3n) is 1.02. The van der Waals surface area contributed by atoms with E-state index >= 15 is 0 Å². The number of nitrogens with zero attached hydrogens (tertiary/aromatic N) is 1. The van der Waals surface area contributed by atoms with E-state index in [4.69, 9.17) is 6.85 Å². The van der Waals surface area contributed by atoms with E-state index in [2.05, 4.69) is 10.2 Å². The molecule has 1 aromatic heterocycles. The van der Waals surface area contributed by atoms with Crippen LogP contribution in [0.1, 0.15) is 6.85 Å². The van der Waals surface area contributed by atoms with E-state index in [0.717, 1.165) is 0 Å². The molecule has 0 unspecified atom stereocenters. The molecule has 1 N–H and O–H groups in total. The van der Waals surface area contributed by atoms with Crippen LogP contribution in [0.4, 0.5) is 0 Å². The smallest absolute Gasteiger partial charge is 0.0866 e. The van der Waals surface area contributed by atoms with Crippen molar-refractivity contribution < 1.29 is 6.85 Å². The number of aromatic amines is 1. The van der Waals surface area contributed by atoms with Crippen molar-refractivity contribution in [1.29, 1.82) is 0 Å². The molecule has 2 rings (SSSR count). The fourth-order valence-electron chi connectivity index (χ4n) is 0.620. The van der Waals surface area contributed by atoms with Crippen molar-refractivity contribution in [3.8, 4) is 0 Å². The van der Waals surface area contributed by atoms with Gasteiger partial charge in [0.15, 0.2) is 0 Å². The highest BCUT2D eigenvalue weighted by atomic mass is 15.1. The van der Waals surface area contributed by atoms with Crippen LogP contribution in [0.5, 0.6) is 0 Å². The number of aromatic nitrogens is 2. The molecule has 0 radical (unpaired) electrons. The molecule has 0 saturated carbocycles. The second-order valence-electron chi connectivity index (χ2n) is 1.59. The lowest BCUT2D eigenvalue weighted by Gasteiger charge is -1.81. The maximum absolute atomic E-state index is 7.51. The van der Waals surface area contributed by atoms with Crippen molar-refractivity contribution in [3.05, 3.63) is 30.3 Å². The highest BCUT2D eigenvalue weighted by Crippen LogP contribution is 2.06. The van der Waals surface area contributed by atoms with Gasteiger partial charge in [-0.3, -0.25) is 5.10 Å². The van der Waals surface area contributed by atoms with E-state index in [1.165, 1.54) is 0 Å². The van der Waals surface area contributed by atoms with Crippen LogP contribution >= 0.6 is 0 Å². The summed E-state index contributed by atoms with van der Waals surface area (Å²) in [5, 5.41) is 6.09. The maximum Gasteiger partial charge on any atom is 0.0866 e. The summed E-state index contributed by atoms with van der Waals surface area (Å²) in [6.45, 7) is 0. The largest absolute Gasteiger partial charge is 0.278 e. The van der Waals surface area contributed by atoms with Crippen molar-refractivity contribution in [1.82, 2.24) is 10.2 Å². The molecule has 0 aliphatic carbocycles. The third kappa shape index (κ3) is 0.598. The molecule has 2 aromatic rings. The van der Waals surface area contributed by atoms with Gasteiger partial charge >= 0.3 is 0 Å². The second-order valence-corrected chi connectivity index (χ2v) is 1.59. The summed E-state index contributed by atoms with van der Waals surface area (Å²) in [6, 6.07) is -1.06. The van der Waals surface area contributed by atoms with Crippen LogP contribution < -0.4 is 0 Å². The van der Waals surface area contributed by atoms with E-state index < -0.39 is 0 Å². The molecule has 2 nitrogen and oxygen atoms in total. The van der Waals surface area contributed by atoms with Crippen LogP contribution in [0.3, 0.4) is 0 Å². The molecule has 0 saturated heterocycles. The van der Waals surface area contributed by atoms with Gasteiger partial charge in [-0.2, -0.15) is 5.10 Å². The number of fused-ring (bicyclic) bond motifs is 1. The number of rotatable bonds is 0. The summed E-state index contributed by atoms with van der Waals surface area (Å²) in [6.07, 6.45) is -0.160. The number of para-hydroxylation sites is 1. The summed E-state index contributed by atoms with van der Waals surface area (Å²) in [5.41, 5.74) is 0.181. The van der Waals surface area contributed by atoms with Crippen LogP contribution in [0.25, 0.3) is 10.9 Å². The summed E-state index contributed by atoms with van der Waals surface area (Å²) in [4.78, 5) is 0. The molecule has 0 bridgehead atoms. The van der Waals surface area contributed by atoms with E-state index in [1.807, 2.05) is 0 Å². The van der Waals surface area contributed by atoms with Crippen molar-refractivity contribution >= 4 is 10.9 Å². The quantitative estimate of drug-likeness (QED) is 0.565. The van der Waals surface area contributed by atoms with E-state index in [-0.39, 0.29) is 41.2 Å². The molecule has 9 heavy (non-hydrogen) atoms. The van der Waals surface area contributed by atoms with E-state index in [1.54, 1.807) is 0 Å². The molecule has 0 atom stereocenters. The topological polar surface area (TPSA) is 28.7 Å². The zero-order valence-corrected chi connectivity index (χ0v) is 4.45. The van der Waals surface area contributed by atoms with Crippen LogP contribution in [-0.2, 0) is 0 Å². The van der Waals surface area contributed by atoms with Gasteiger partial charge in [-0.25, -0.2) is 0 Å². The molecule has 1 heterocycles. The first-order valence-corrected chi connectivity index (χ1v) is 2.45. The Labute approximate surface area is 59.5 Å². The lowest BCUT2D eigenvalue weighted by atomic mass is 10.3. The Bertz CT molecular complexity index is 519. The summed E-state index contributed by atoms with van der Waals surface area (Å²) in [7, 11) is 0. The Morgan fingerprint density at radius 3 is 3.33 bits per heavy atom. The SMILES string of the molecule is [2H]c1c([2H])c([2H])c2c([2H])n[nH]c2c1[2H]. The van der Waals surface area contributed by atoms with Gasteiger partial charge in [0.2, 0.25) is 0 Å². The first kappa shape index (κ1) is 1.84. The number of nitrogens with one attached hydrogen (secondary N) is 1. The lowest BCUT2D eigenvalue weighted by Crippen LogP contribution is -1.63. The number of benzene rings is 1. The zero-order valence-electron chi connectivity index (χ0n) is 9.45. The van der Waals surface area contributed by atoms with Gasteiger partial charge in [-0.05, 0) is 6.04 Å². The normalized spacial score (nSPS) is 18.0. The molecular weight excluding hydrogens is 112 g/mol. The molecule has 0 aliphatic rings. The summed E-state index contributed by atoms with van der Waals surface area (Å²) < 4.78 is 37.1. The van der Waals surface area contributed by atoms with Crippen LogP contribution in [0.2, 0.25) is 0 Å². The van der Waals surface area contributed by atoms with Crippen molar-refractivity contribution in [2.45, 2.75) is 0 Å². The third-order valence-corrected chi connectivity index (χ3v) is 1.02. The monoisotopic (exact) mass is 123 g/mol. The zero-order chi connectivity index (χ0) is 10.5. The van der Waals surface area contributed by atoms with Crippen molar-refractivity contribution in [3.63, 3.8) is 0 Å². The van der Waals surface area contributed by atoms with Gasteiger partial charge in [0, 0.05) is 5.39 Å². The van der Waals surface area contributed by atoms with Crippen LogP contribution in [-0.4, -0.2) is 10.2 Å². The van der Waals surface area contributed by atoms with Gasteiger partial charge in [0.25, 0.3) is 0 Å². The standard InChI is InChI=1S/C7H6N2/c1-2-4-7-6(3-1)5-8-9-7/h1-5H,(H,8,9)/i1D,2D,3D,4D,5D. The summed E-state index contributed by atoms with van der Waals surface area (Å²) in [5.74, 6) is 0. The first-order chi connectivity index (χ1) is 6.54. The van der Waals surface area contributed by atoms with Gasteiger partial charge in [-0.1, -0.05) is 18.1 Å². The fraction of sp³-hybridized carbons (Fsp3) is 0. The summed E-state index contributed by atoms with van der Waals surface area (Å²) >= 11 is 0. The average Bonchev–Trinajstić information content (AvgIpc) is 2.54. The molecule has 0 aliphatic heterocycles. The minimum Gasteiger partial charge on any atom is -0.278 e. The molecule has 44 valence electrons. The molecule has 0 spiro atoms. The van der Waals surface area contributed by atoms with Crippen LogP contribution in [0, 0.1) is 0 Å². The Hall–Kier alpha value is -1.31. The highest BCUT2D eigenvalue weighted by Gasteiger charge is 1.88. The van der Waals surface area contributed by atoms with Crippen LogP contribution in [0.15, 0.2) is 30.3 Å². The fourth-order valence-corrected chi connectivity index (χ4v) is 0.620. The Morgan fingerprint density at radius 2 is 2.33 bits per heavy atom. The molecule has 1 aromatic carbocycles. The van der Waals surface area contributed by atoms with Crippen molar-refractivity contribution in [2.75, 3.05) is 0 Å². The van der Waals surface area contributed by atoms with Crippen molar-refractivity contribution in [2.24, 2.45) is 0 Å². The average molecular weight is 123 g/mol. The molecular formula is C7H6N2. The Kier molecular flexibility index (Phi) is 0.323. The lowest BCUT2D eigenvalue weighted by molar-refractivity contribution is 1.12. The van der Waals surface area contributed by atoms with Gasteiger partial charge in [0.1, 0.15) is 0 Å². The number of hydrogen-bond donors (Lipinski definition) is 1. The van der Waals surface area contributed by atoms with Gasteiger partial charge < -0.3 is 0 Å². The second kappa shape index (κ2) is 1.58. The Balaban J connectivity index is 3.05. The van der Waals surface area contributed by atoms with E-state index in [9.17, 15) is 0 Å². The highest BCUT2D eigenvalue weighted by molar-refractivity contribution is 5.77. The predicted molar refractivity (Wildman–Crippen MR) is 36.1 cm³/mol. The number of hydrogen-bond acceptors (Lipinski definition) is 1. The first-order valence-electron chi connectivity index (χ1n) is 4.95. The minimum absolute atomic E-state index is 0.135. The molecule has 2 heteroatoms.